The number of thiazole rings is 1. The quantitative estimate of drug-likeness (QED) is 0.872. The molecule has 18 heavy (non-hydrogen) atoms. The van der Waals surface area contributed by atoms with E-state index in [4.69, 9.17) is 11.6 Å². The molecule has 4 nitrogen and oxygen atoms in total. The van der Waals surface area contributed by atoms with Gasteiger partial charge in [0.05, 0.1) is 22.6 Å². The van der Waals surface area contributed by atoms with Crippen LogP contribution in [0.2, 0.25) is 5.02 Å². The van der Waals surface area contributed by atoms with Gasteiger partial charge in [0.1, 0.15) is 0 Å². The number of nitrogens with zero attached hydrogens (tertiary/aromatic N) is 2. The van der Waals surface area contributed by atoms with Crippen molar-refractivity contribution in [3.05, 3.63) is 45.9 Å². The highest BCUT2D eigenvalue weighted by molar-refractivity contribution is 7.89. The zero-order valence-corrected chi connectivity index (χ0v) is 12.0. The number of hydrogen-bond acceptors (Lipinski definition) is 4. The highest BCUT2D eigenvalue weighted by atomic mass is 35.5. The van der Waals surface area contributed by atoms with Crippen molar-refractivity contribution in [3.8, 4) is 0 Å². The summed E-state index contributed by atoms with van der Waals surface area (Å²) >= 11 is 7.24. The minimum absolute atomic E-state index is 0.188. The summed E-state index contributed by atoms with van der Waals surface area (Å²) in [5, 5.41) is 2.22. The predicted octanol–water partition coefficient (Wildman–Crippen LogP) is 2.62. The van der Waals surface area contributed by atoms with Crippen molar-refractivity contribution in [3.63, 3.8) is 0 Å². The number of hydrogen-bond donors (Lipinski definition) is 0. The maximum absolute atomic E-state index is 12.3. The number of sulfonamides is 1. The van der Waals surface area contributed by atoms with E-state index in [1.165, 1.54) is 34.8 Å². The smallest absolute Gasteiger partial charge is 0.243 e. The topological polar surface area (TPSA) is 50.3 Å². The van der Waals surface area contributed by atoms with Gasteiger partial charge in [0.15, 0.2) is 0 Å². The minimum atomic E-state index is -3.52. The van der Waals surface area contributed by atoms with Crippen molar-refractivity contribution < 1.29 is 8.42 Å². The first-order chi connectivity index (χ1) is 8.50. The molecule has 0 fully saturated rings. The van der Waals surface area contributed by atoms with E-state index in [0.29, 0.717) is 5.02 Å². The molecule has 0 saturated carbocycles. The molecule has 1 aromatic heterocycles. The normalized spacial score (nSPS) is 11.9. The van der Waals surface area contributed by atoms with Crippen molar-refractivity contribution >= 4 is 33.0 Å². The fourth-order valence-electron chi connectivity index (χ4n) is 1.44. The first kappa shape index (κ1) is 13.5. The molecule has 1 aromatic carbocycles. The maximum atomic E-state index is 12.3. The Kier molecular flexibility index (Phi) is 4.01. The van der Waals surface area contributed by atoms with E-state index in [1.807, 2.05) is 5.38 Å². The summed E-state index contributed by atoms with van der Waals surface area (Å²) < 4.78 is 25.8. The van der Waals surface area contributed by atoms with Crippen LogP contribution in [0.5, 0.6) is 0 Å². The van der Waals surface area contributed by atoms with Crippen molar-refractivity contribution in [1.29, 1.82) is 0 Å². The Morgan fingerprint density at radius 2 is 2.22 bits per heavy atom. The summed E-state index contributed by atoms with van der Waals surface area (Å²) in [6, 6.07) is 6.22. The monoisotopic (exact) mass is 302 g/mol. The van der Waals surface area contributed by atoms with Gasteiger partial charge in [-0.3, -0.25) is 0 Å². The molecule has 0 bridgehead atoms. The Hall–Kier alpha value is -0.950. The molecule has 0 N–H and O–H groups in total. The molecule has 0 aliphatic heterocycles. The molecule has 2 rings (SSSR count). The van der Waals surface area contributed by atoms with Gasteiger partial charge in [0.25, 0.3) is 0 Å². The van der Waals surface area contributed by atoms with Gasteiger partial charge in [-0.1, -0.05) is 17.7 Å². The largest absolute Gasteiger partial charge is 0.248 e. The van der Waals surface area contributed by atoms with Crippen LogP contribution in [-0.4, -0.2) is 24.8 Å². The number of rotatable bonds is 4. The molecule has 0 amide bonds. The Balaban J connectivity index is 2.25. The predicted molar refractivity (Wildman–Crippen MR) is 72.2 cm³/mol. The maximum Gasteiger partial charge on any atom is 0.243 e. The van der Waals surface area contributed by atoms with Gasteiger partial charge in [-0.05, 0) is 18.2 Å². The van der Waals surface area contributed by atoms with E-state index in [9.17, 15) is 8.42 Å². The average molecular weight is 303 g/mol. The molecule has 96 valence electrons. The summed E-state index contributed by atoms with van der Waals surface area (Å²) in [7, 11) is -2.00. The van der Waals surface area contributed by atoms with Crippen LogP contribution in [0.1, 0.15) is 5.69 Å². The summed E-state index contributed by atoms with van der Waals surface area (Å²) in [5.41, 5.74) is 2.41. The van der Waals surface area contributed by atoms with Gasteiger partial charge in [-0.15, -0.1) is 11.3 Å². The average Bonchev–Trinajstić information content (AvgIpc) is 2.81. The second-order valence-electron chi connectivity index (χ2n) is 3.70. The first-order valence-electron chi connectivity index (χ1n) is 5.09. The Morgan fingerprint density at radius 3 is 2.83 bits per heavy atom. The highest BCUT2D eigenvalue weighted by Gasteiger charge is 2.21. The van der Waals surface area contributed by atoms with Crippen molar-refractivity contribution in [1.82, 2.24) is 9.29 Å². The molecule has 0 aliphatic carbocycles. The molecular weight excluding hydrogens is 292 g/mol. The molecule has 0 radical (unpaired) electrons. The van der Waals surface area contributed by atoms with Gasteiger partial charge in [-0.25, -0.2) is 13.4 Å². The fourth-order valence-corrected chi connectivity index (χ4v) is 3.43. The van der Waals surface area contributed by atoms with Crippen LogP contribution in [0.3, 0.4) is 0 Å². The zero-order chi connectivity index (χ0) is 13.2. The molecule has 7 heteroatoms. The molecule has 2 aromatic rings. The molecule has 1 heterocycles. The molecule has 0 aliphatic rings. The van der Waals surface area contributed by atoms with E-state index >= 15 is 0 Å². The number of aromatic nitrogens is 1. The van der Waals surface area contributed by atoms with Crippen LogP contribution in [0.15, 0.2) is 40.1 Å². The third kappa shape index (κ3) is 2.89. The second kappa shape index (κ2) is 5.36. The van der Waals surface area contributed by atoms with Gasteiger partial charge in [0.2, 0.25) is 10.0 Å². The van der Waals surface area contributed by atoms with Crippen LogP contribution in [0, 0.1) is 0 Å². The van der Waals surface area contributed by atoms with E-state index in [-0.39, 0.29) is 11.4 Å². The molecule has 0 saturated heterocycles. The molecule has 0 unspecified atom stereocenters. The third-order valence-electron chi connectivity index (χ3n) is 2.37. The van der Waals surface area contributed by atoms with Crippen LogP contribution in [0.25, 0.3) is 0 Å². The zero-order valence-electron chi connectivity index (χ0n) is 9.58. The first-order valence-corrected chi connectivity index (χ1v) is 7.85. The Morgan fingerprint density at radius 1 is 1.44 bits per heavy atom. The number of benzene rings is 1. The lowest BCUT2D eigenvalue weighted by atomic mass is 10.4. The molecular formula is C11H11ClN2O2S2. The summed E-state index contributed by atoms with van der Waals surface area (Å²) in [6.07, 6.45) is 0. The highest BCUT2D eigenvalue weighted by Crippen LogP contribution is 2.20. The SMILES string of the molecule is CN(Cc1cscn1)S(=O)(=O)c1cccc(Cl)c1. The summed E-state index contributed by atoms with van der Waals surface area (Å²) in [6.45, 7) is 0.248. The lowest BCUT2D eigenvalue weighted by Gasteiger charge is -2.16. The van der Waals surface area contributed by atoms with Crippen LogP contribution in [-0.2, 0) is 16.6 Å². The fraction of sp³-hybridized carbons (Fsp3) is 0.182. The van der Waals surface area contributed by atoms with E-state index in [0.717, 1.165) is 5.69 Å². The van der Waals surface area contributed by atoms with Crippen molar-refractivity contribution in [2.24, 2.45) is 0 Å². The Bertz CT molecular complexity index is 626. The molecule has 0 spiro atoms. The van der Waals surface area contributed by atoms with Gasteiger partial charge in [-0.2, -0.15) is 4.31 Å². The van der Waals surface area contributed by atoms with Gasteiger partial charge < -0.3 is 0 Å². The van der Waals surface area contributed by atoms with E-state index in [1.54, 1.807) is 17.6 Å². The summed E-state index contributed by atoms with van der Waals surface area (Å²) in [5.74, 6) is 0. The van der Waals surface area contributed by atoms with Gasteiger partial charge >= 0.3 is 0 Å². The van der Waals surface area contributed by atoms with Crippen molar-refractivity contribution in [2.75, 3.05) is 7.05 Å². The van der Waals surface area contributed by atoms with Gasteiger partial charge in [0, 0.05) is 17.5 Å². The lowest BCUT2D eigenvalue weighted by Crippen LogP contribution is -2.26. The summed E-state index contributed by atoms with van der Waals surface area (Å²) in [4.78, 5) is 4.26. The van der Waals surface area contributed by atoms with Crippen LogP contribution < -0.4 is 0 Å². The lowest BCUT2D eigenvalue weighted by molar-refractivity contribution is 0.463. The van der Waals surface area contributed by atoms with E-state index in [2.05, 4.69) is 4.98 Å². The van der Waals surface area contributed by atoms with E-state index < -0.39 is 10.0 Å². The van der Waals surface area contributed by atoms with Crippen LogP contribution in [0.4, 0.5) is 0 Å². The Labute approximate surface area is 115 Å². The van der Waals surface area contributed by atoms with Crippen LogP contribution >= 0.6 is 22.9 Å². The second-order valence-corrected chi connectivity index (χ2v) is 6.90. The third-order valence-corrected chi connectivity index (χ3v) is 5.04. The number of halogens is 1. The van der Waals surface area contributed by atoms with Crippen molar-refractivity contribution in [2.45, 2.75) is 11.4 Å². The minimum Gasteiger partial charge on any atom is -0.248 e. The molecule has 0 atom stereocenters. The standard InChI is InChI=1S/C11H11ClN2O2S2/c1-14(6-10-7-17-8-13-10)18(15,16)11-4-2-3-9(12)5-11/h2-5,7-8H,6H2,1H3.